The van der Waals surface area contributed by atoms with Gasteiger partial charge >= 0.3 is 12.1 Å². The third-order valence-electron chi connectivity index (χ3n) is 8.88. The quantitative estimate of drug-likeness (QED) is 0.0831. The topological polar surface area (TPSA) is 105 Å². The zero-order chi connectivity index (χ0) is 34.1. The monoisotopic (exact) mass is 670 g/mol. The highest BCUT2D eigenvalue weighted by molar-refractivity contribution is 8.00. The zero-order valence-electron chi connectivity index (χ0n) is 27.0. The molecule has 2 amide bonds. The van der Waals surface area contributed by atoms with Gasteiger partial charge in [-0.25, -0.2) is 9.59 Å². The van der Waals surface area contributed by atoms with Crippen molar-refractivity contribution in [2.24, 2.45) is 0 Å². The van der Waals surface area contributed by atoms with Crippen molar-refractivity contribution < 1.29 is 24.2 Å². The molecule has 3 N–H and O–H groups in total. The van der Waals surface area contributed by atoms with Crippen LogP contribution < -0.4 is 10.6 Å². The van der Waals surface area contributed by atoms with Crippen molar-refractivity contribution in [2.45, 2.75) is 29.5 Å². The number of alkyl carbamates (subject to hydrolysis) is 1. The summed E-state index contributed by atoms with van der Waals surface area (Å²) in [6.45, 7) is 0.454. The van der Waals surface area contributed by atoms with Gasteiger partial charge in [-0.2, -0.15) is 0 Å². The Balaban J connectivity index is 1.03. The summed E-state index contributed by atoms with van der Waals surface area (Å²) < 4.78 is 5.03. The van der Waals surface area contributed by atoms with Crippen LogP contribution in [0.3, 0.4) is 0 Å². The lowest BCUT2D eigenvalue weighted by atomic mass is 9.84. The van der Waals surface area contributed by atoms with Crippen LogP contribution in [0.4, 0.5) is 4.79 Å². The molecule has 0 heterocycles. The number of carboxylic acid groups (broad SMARTS) is 1. The minimum atomic E-state index is -1.27. The maximum absolute atomic E-state index is 12.9. The molecule has 0 aliphatic heterocycles. The van der Waals surface area contributed by atoms with Crippen molar-refractivity contribution in [3.63, 3.8) is 0 Å². The fourth-order valence-corrected chi connectivity index (χ4v) is 7.99. The summed E-state index contributed by atoms with van der Waals surface area (Å²) in [6, 6.07) is 45.7. The molecule has 0 saturated heterocycles. The van der Waals surface area contributed by atoms with E-state index in [0.717, 1.165) is 38.9 Å². The Bertz CT molecular complexity index is 1740. The van der Waals surface area contributed by atoms with E-state index in [0.29, 0.717) is 12.3 Å². The van der Waals surface area contributed by atoms with E-state index in [1.165, 1.54) is 0 Å². The van der Waals surface area contributed by atoms with E-state index in [-0.39, 0.29) is 31.3 Å². The van der Waals surface area contributed by atoms with Crippen LogP contribution in [0.5, 0.6) is 0 Å². The Kier molecular flexibility index (Phi) is 10.8. The second kappa shape index (κ2) is 15.7. The second-order valence-corrected chi connectivity index (χ2v) is 13.2. The number of fused-ring (bicyclic) bond motifs is 3. The minimum absolute atomic E-state index is 0.0630. The summed E-state index contributed by atoms with van der Waals surface area (Å²) >= 11 is 1.73. The highest BCUT2D eigenvalue weighted by Crippen LogP contribution is 2.48. The lowest BCUT2D eigenvalue weighted by Gasteiger charge is -2.35. The van der Waals surface area contributed by atoms with Crippen LogP contribution in [0, 0.1) is 0 Å². The maximum atomic E-state index is 12.9. The molecule has 1 aliphatic carbocycles. The normalized spacial score (nSPS) is 12.7. The van der Waals surface area contributed by atoms with E-state index in [2.05, 4.69) is 47.0 Å². The Morgan fingerprint density at radius 3 is 1.65 bits per heavy atom. The van der Waals surface area contributed by atoms with Crippen molar-refractivity contribution in [3.8, 4) is 11.1 Å². The van der Waals surface area contributed by atoms with Crippen LogP contribution in [0.1, 0.15) is 46.6 Å². The number of ether oxygens (including phenoxy) is 1. The van der Waals surface area contributed by atoms with Gasteiger partial charge in [-0.3, -0.25) is 4.79 Å². The molecule has 0 aromatic heterocycles. The third kappa shape index (κ3) is 7.55. The predicted molar refractivity (Wildman–Crippen MR) is 194 cm³/mol. The van der Waals surface area contributed by atoms with Crippen molar-refractivity contribution in [2.75, 3.05) is 18.9 Å². The first kappa shape index (κ1) is 33.6. The Morgan fingerprint density at radius 1 is 0.694 bits per heavy atom. The third-order valence-corrected chi connectivity index (χ3v) is 10.4. The van der Waals surface area contributed by atoms with E-state index in [9.17, 15) is 19.5 Å². The molecule has 1 atom stereocenters. The number of amides is 2. The number of carboxylic acids is 1. The van der Waals surface area contributed by atoms with Crippen LogP contribution >= 0.6 is 11.8 Å². The molecule has 6 rings (SSSR count). The molecular formula is C41H38N2O5S. The summed E-state index contributed by atoms with van der Waals surface area (Å²) in [6.07, 6.45) is -0.961. The molecule has 248 valence electrons. The molecular weight excluding hydrogens is 633 g/mol. The summed E-state index contributed by atoms with van der Waals surface area (Å²) in [4.78, 5) is 37.6. The molecule has 7 nitrogen and oxygen atoms in total. The molecule has 0 radical (unpaired) electrons. The van der Waals surface area contributed by atoms with Gasteiger partial charge in [0.2, 0.25) is 5.91 Å². The molecule has 49 heavy (non-hydrogen) atoms. The molecule has 1 aliphatic rings. The van der Waals surface area contributed by atoms with E-state index < -0.39 is 22.9 Å². The van der Waals surface area contributed by atoms with Gasteiger partial charge in [-0.15, -0.1) is 11.8 Å². The zero-order valence-corrected chi connectivity index (χ0v) is 27.8. The smallest absolute Gasteiger partial charge is 0.407 e. The highest BCUT2D eigenvalue weighted by atomic mass is 32.2. The summed E-state index contributed by atoms with van der Waals surface area (Å²) in [5.74, 6) is -1.05. The number of nitrogens with one attached hydrogen (secondary N) is 2. The van der Waals surface area contributed by atoms with E-state index in [1.54, 1.807) is 11.8 Å². The number of rotatable bonds is 14. The number of benzene rings is 5. The molecule has 0 saturated carbocycles. The van der Waals surface area contributed by atoms with Crippen molar-refractivity contribution in [3.05, 3.63) is 167 Å². The van der Waals surface area contributed by atoms with Gasteiger partial charge in [0.15, 0.2) is 0 Å². The molecule has 5 aromatic rings. The van der Waals surface area contributed by atoms with Crippen molar-refractivity contribution >= 4 is 29.7 Å². The maximum Gasteiger partial charge on any atom is 0.407 e. The standard InChI is InChI=1S/C41H38N2O5S/c44-38(42-26-27-49-41(29-14-4-1-5-15-29,30-16-6-2-7-17-30)31-18-8-3-9-19-31)25-24-37(39(45)46)43-40(47)48-28-36-34-22-12-10-20-32(34)33-21-11-13-23-35(33)36/h1-23,36-37H,24-28H2,(H,42,44)(H,43,47)(H,45,46)/t37-/m0/s1. The van der Waals surface area contributed by atoms with Gasteiger partial charge < -0.3 is 20.5 Å². The van der Waals surface area contributed by atoms with E-state index in [1.807, 2.05) is 103 Å². The number of hydrogen-bond acceptors (Lipinski definition) is 5. The first-order valence-electron chi connectivity index (χ1n) is 16.4. The van der Waals surface area contributed by atoms with E-state index in [4.69, 9.17) is 4.74 Å². The van der Waals surface area contributed by atoms with Gasteiger partial charge in [0.25, 0.3) is 0 Å². The molecule has 0 bridgehead atoms. The predicted octanol–water partition coefficient (Wildman–Crippen LogP) is 7.60. The first-order chi connectivity index (χ1) is 24.0. The van der Waals surface area contributed by atoms with Gasteiger partial charge in [0.05, 0.1) is 4.75 Å². The van der Waals surface area contributed by atoms with E-state index >= 15 is 0 Å². The lowest BCUT2D eigenvalue weighted by molar-refractivity contribution is -0.139. The van der Waals surface area contributed by atoms with Crippen LogP contribution in [-0.4, -0.2) is 48.0 Å². The molecule has 8 heteroatoms. The minimum Gasteiger partial charge on any atom is -0.480 e. The fourth-order valence-electron chi connectivity index (χ4n) is 6.57. The highest BCUT2D eigenvalue weighted by Gasteiger charge is 2.36. The lowest BCUT2D eigenvalue weighted by Crippen LogP contribution is -2.42. The van der Waals surface area contributed by atoms with Crippen molar-refractivity contribution in [1.29, 1.82) is 0 Å². The molecule has 0 spiro atoms. The number of carbonyl (C=O) groups excluding carboxylic acids is 2. The van der Waals surface area contributed by atoms with Crippen molar-refractivity contribution in [1.82, 2.24) is 10.6 Å². The van der Waals surface area contributed by atoms with Crippen LogP contribution in [0.2, 0.25) is 0 Å². The second-order valence-electron chi connectivity index (χ2n) is 11.9. The van der Waals surface area contributed by atoms with Gasteiger partial charge in [0, 0.05) is 24.6 Å². The number of thioether (sulfide) groups is 1. The average Bonchev–Trinajstić information content (AvgIpc) is 3.47. The first-order valence-corrected chi connectivity index (χ1v) is 17.4. The summed E-state index contributed by atoms with van der Waals surface area (Å²) in [5, 5.41) is 15.2. The Morgan fingerprint density at radius 2 is 1.16 bits per heavy atom. The van der Waals surface area contributed by atoms with Crippen LogP contribution in [0.25, 0.3) is 11.1 Å². The molecule has 0 unspecified atom stereocenters. The summed E-state index contributed by atoms with van der Waals surface area (Å²) in [7, 11) is 0. The molecule has 0 fully saturated rings. The molecule has 5 aromatic carbocycles. The largest absolute Gasteiger partial charge is 0.480 e. The number of carbonyl (C=O) groups is 3. The number of hydrogen-bond donors (Lipinski definition) is 3. The van der Waals surface area contributed by atoms with Crippen LogP contribution in [-0.2, 0) is 19.1 Å². The average molecular weight is 671 g/mol. The Labute approximate surface area is 290 Å². The van der Waals surface area contributed by atoms with Crippen LogP contribution in [0.15, 0.2) is 140 Å². The van der Waals surface area contributed by atoms with Gasteiger partial charge in [0.1, 0.15) is 12.6 Å². The van der Waals surface area contributed by atoms with Gasteiger partial charge in [-0.1, -0.05) is 140 Å². The number of aliphatic carboxylic acids is 1. The summed E-state index contributed by atoms with van der Waals surface area (Å²) in [5.41, 5.74) is 7.73. The Hall–Kier alpha value is -5.34. The van der Waals surface area contributed by atoms with Gasteiger partial charge in [-0.05, 0) is 45.4 Å². The fraction of sp³-hybridized carbons (Fsp3) is 0.195. The SMILES string of the molecule is O=C(CC[C@H](NC(=O)OCC1c2ccccc2-c2ccccc21)C(=O)O)NCCSC(c1ccccc1)(c1ccccc1)c1ccccc1.